The molecule has 8 heteroatoms. The third-order valence-corrected chi connectivity index (χ3v) is 5.74. The Hall–Kier alpha value is -1.93. The zero-order chi connectivity index (χ0) is 17.8. The van der Waals surface area contributed by atoms with E-state index in [0.717, 1.165) is 5.56 Å². The summed E-state index contributed by atoms with van der Waals surface area (Å²) in [7, 11) is -2.58. The first-order valence-electron chi connectivity index (χ1n) is 7.59. The van der Waals surface area contributed by atoms with E-state index in [2.05, 4.69) is 9.46 Å². The minimum absolute atomic E-state index is 0.0286. The topological polar surface area (TPSA) is 110 Å². The van der Waals surface area contributed by atoms with Crippen LogP contribution in [0, 0.1) is 5.41 Å². The predicted octanol–water partition coefficient (Wildman–Crippen LogP) is 0.945. The van der Waals surface area contributed by atoms with Crippen LogP contribution in [0.1, 0.15) is 24.8 Å². The van der Waals surface area contributed by atoms with E-state index in [1.54, 1.807) is 30.3 Å². The molecule has 0 unspecified atom stereocenters. The van der Waals surface area contributed by atoms with Gasteiger partial charge >= 0.3 is 11.9 Å². The first kappa shape index (κ1) is 18.4. The molecule has 1 aliphatic rings. The molecular formula is C16H21NO6S. The molecule has 0 spiro atoms. The molecule has 0 amide bonds. The van der Waals surface area contributed by atoms with E-state index in [1.807, 2.05) is 0 Å². The number of hydrogen-bond acceptors (Lipinski definition) is 5. The maximum atomic E-state index is 12.3. The first-order valence-corrected chi connectivity index (χ1v) is 9.24. The average Bonchev–Trinajstić information content (AvgIpc) is 3.25. The molecule has 0 aliphatic heterocycles. The largest absolute Gasteiger partial charge is 0.480 e. The van der Waals surface area contributed by atoms with Crippen LogP contribution in [-0.4, -0.2) is 44.4 Å². The van der Waals surface area contributed by atoms with Crippen LogP contribution in [0.25, 0.3) is 0 Å². The summed E-state index contributed by atoms with van der Waals surface area (Å²) >= 11 is 0. The zero-order valence-corrected chi connectivity index (χ0v) is 14.2. The summed E-state index contributed by atoms with van der Waals surface area (Å²) in [6.45, 7) is 0. The van der Waals surface area contributed by atoms with Crippen LogP contribution in [0.2, 0.25) is 0 Å². The van der Waals surface area contributed by atoms with Gasteiger partial charge in [-0.1, -0.05) is 30.3 Å². The maximum Gasteiger partial charge on any atom is 0.322 e. The summed E-state index contributed by atoms with van der Waals surface area (Å²) in [6, 6.07) is 7.56. The maximum absolute atomic E-state index is 12.3. The molecule has 0 aromatic heterocycles. The van der Waals surface area contributed by atoms with E-state index in [1.165, 1.54) is 7.11 Å². The number of esters is 1. The summed E-state index contributed by atoms with van der Waals surface area (Å²) in [6.07, 6.45) is 1.30. The van der Waals surface area contributed by atoms with E-state index >= 15 is 0 Å². The van der Waals surface area contributed by atoms with Crippen molar-refractivity contribution in [2.45, 2.75) is 31.7 Å². The van der Waals surface area contributed by atoms with Gasteiger partial charge in [0.2, 0.25) is 10.0 Å². The molecule has 0 heterocycles. The van der Waals surface area contributed by atoms with Crippen molar-refractivity contribution in [3.05, 3.63) is 35.9 Å². The number of carbonyl (C=O) groups is 2. The normalized spacial score (nSPS) is 17.0. The van der Waals surface area contributed by atoms with Crippen molar-refractivity contribution in [2.24, 2.45) is 5.41 Å². The minimum atomic E-state index is -3.83. The molecule has 0 bridgehead atoms. The smallest absolute Gasteiger partial charge is 0.322 e. The standard InChI is InChI=1S/C16H21NO6S/c1-23-14(18)10-16(7-8-16)11-24(21,22)17-13(15(19)20)9-12-5-3-2-4-6-12/h2-6,13,17H,7-11H2,1H3,(H,19,20)/t13-/m0/s1. The van der Waals surface area contributed by atoms with Crippen molar-refractivity contribution in [1.82, 2.24) is 4.72 Å². The number of carbonyl (C=O) groups excluding carboxylic acids is 1. The van der Waals surface area contributed by atoms with Gasteiger partial charge in [0.05, 0.1) is 19.3 Å². The highest BCUT2D eigenvalue weighted by atomic mass is 32.2. The van der Waals surface area contributed by atoms with Crippen LogP contribution in [0.15, 0.2) is 30.3 Å². The van der Waals surface area contributed by atoms with E-state index in [9.17, 15) is 23.1 Å². The van der Waals surface area contributed by atoms with Crippen LogP contribution in [0.4, 0.5) is 0 Å². The molecular weight excluding hydrogens is 334 g/mol. The number of methoxy groups -OCH3 is 1. The zero-order valence-electron chi connectivity index (χ0n) is 13.4. The molecule has 132 valence electrons. The van der Waals surface area contributed by atoms with E-state index in [0.29, 0.717) is 12.8 Å². The van der Waals surface area contributed by atoms with Crippen LogP contribution in [0.3, 0.4) is 0 Å². The summed E-state index contributed by atoms with van der Waals surface area (Å²) in [5.74, 6) is -1.96. The second-order valence-corrected chi connectivity index (χ2v) is 7.96. The van der Waals surface area contributed by atoms with Gasteiger partial charge in [-0.05, 0) is 30.2 Å². The average molecular weight is 355 g/mol. The molecule has 2 N–H and O–H groups in total. The van der Waals surface area contributed by atoms with Crippen molar-refractivity contribution >= 4 is 22.0 Å². The van der Waals surface area contributed by atoms with Gasteiger partial charge in [0.15, 0.2) is 0 Å². The van der Waals surface area contributed by atoms with Crippen molar-refractivity contribution in [3.8, 4) is 0 Å². The van der Waals surface area contributed by atoms with Crippen molar-refractivity contribution in [2.75, 3.05) is 12.9 Å². The number of carboxylic acid groups (broad SMARTS) is 1. The number of nitrogens with one attached hydrogen (secondary N) is 1. The summed E-state index contributed by atoms with van der Waals surface area (Å²) in [4.78, 5) is 22.8. The number of carboxylic acids is 1. The third-order valence-electron chi connectivity index (χ3n) is 4.10. The first-order chi connectivity index (χ1) is 11.3. The summed E-state index contributed by atoms with van der Waals surface area (Å²) in [5.41, 5.74) is 0.0950. The SMILES string of the molecule is COC(=O)CC1(CS(=O)(=O)N[C@@H](Cc2ccccc2)C(=O)O)CC1. The number of sulfonamides is 1. The van der Waals surface area contributed by atoms with Gasteiger partial charge in [-0.15, -0.1) is 0 Å². The number of benzene rings is 1. The molecule has 0 radical (unpaired) electrons. The van der Waals surface area contributed by atoms with Gasteiger partial charge in [0, 0.05) is 0 Å². The van der Waals surface area contributed by atoms with Crippen molar-refractivity contribution in [1.29, 1.82) is 0 Å². The molecule has 7 nitrogen and oxygen atoms in total. The van der Waals surface area contributed by atoms with E-state index < -0.39 is 33.4 Å². The van der Waals surface area contributed by atoms with E-state index in [-0.39, 0.29) is 18.6 Å². The Morgan fingerprint density at radius 3 is 2.42 bits per heavy atom. The minimum Gasteiger partial charge on any atom is -0.480 e. The number of aliphatic carboxylic acids is 1. The molecule has 24 heavy (non-hydrogen) atoms. The summed E-state index contributed by atoms with van der Waals surface area (Å²) < 4.78 is 31.5. The molecule has 1 aromatic rings. The van der Waals surface area contributed by atoms with Gasteiger partial charge in [0.25, 0.3) is 0 Å². The predicted molar refractivity (Wildman–Crippen MR) is 86.8 cm³/mol. The summed E-state index contributed by atoms with van der Waals surface area (Å²) in [5, 5.41) is 9.29. The highest BCUT2D eigenvalue weighted by Gasteiger charge is 2.48. The molecule has 1 aromatic carbocycles. The molecule has 2 rings (SSSR count). The second-order valence-electron chi connectivity index (χ2n) is 6.21. The highest BCUT2D eigenvalue weighted by Crippen LogP contribution is 2.49. The van der Waals surface area contributed by atoms with Gasteiger partial charge < -0.3 is 9.84 Å². The second kappa shape index (κ2) is 7.31. The van der Waals surface area contributed by atoms with Gasteiger partial charge in [-0.25, -0.2) is 13.1 Å². The van der Waals surface area contributed by atoms with Crippen LogP contribution in [-0.2, 0) is 30.8 Å². The lowest BCUT2D eigenvalue weighted by molar-refractivity contribution is -0.142. The lowest BCUT2D eigenvalue weighted by Gasteiger charge is -2.18. The van der Waals surface area contributed by atoms with Crippen LogP contribution >= 0.6 is 0 Å². The fourth-order valence-corrected chi connectivity index (χ4v) is 4.52. The fourth-order valence-electron chi connectivity index (χ4n) is 2.62. The Kier molecular flexibility index (Phi) is 5.61. The Labute approximate surface area is 141 Å². The Morgan fingerprint density at radius 1 is 1.29 bits per heavy atom. The molecule has 1 fully saturated rings. The highest BCUT2D eigenvalue weighted by molar-refractivity contribution is 7.89. The van der Waals surface area contributed by atoms with E-state index in [4.69, 9.17) is 0 Å². The Morgan fingerprint density at radius 2 is 1.92 bits per heavy atom. The Balaban J connectivity index is 2.02. The van der Waals surface area contributed by atoms with Crippen molar-refractivity contribution in [3.63, 3.8) is 0 Å². The number of hydrogen-bond donors (Lipinski definition) is 2. The van der Waals surface area contributed by atoms with Gasteiger partial charge in [-0.3, -0.25) is 9.59 Å². The lowest BCUT2D eigenvalue weighted by Crippen LogP contribution is -2.44. The van der Waals surface area contributed by atoms with Gasteiger partial charge in [-0.2, -0.15) is 0 Å². The quantitative estimate of drug-likeness (QED) is 0.638. The lowest BCUT2D eigenvalue weighted by atomic mass is 10.1. The fraction of sp³-hybridized carbons (Fsp3) is 0.500. The monoisotopic (exact) mass is 355 g/mol. The molecule has 1 aliphatic carbocycles. The molecule has 1 saturated carbocycles. The van der Waals surface area contributed by atoms with Gasteiger partial charge in [0.1, 0.15) is 6.04 Å². The van der Waals surface area contributed by atoms with Crippen LogP contribution in [0.5, 0.6) is 0 Å². The van der Waals surface area contributed by atoms with Crippen molar-refractivity contribution < 1.29 is 27.9 Å². The Bertz CT molecular complexity index is 697. The molecule has 0 saturated heterocycles. The molecule has 1 atom stereocenters. The number of ether oxygens (including phenoxy) is 1. The third kappa shape index (κ3) is 5.31. The van der Waals surface area contributed by atoms with Crippen LogP contribution < -0.4 is 4.72 Å². The number of rotatable bonds is 9.